The van der Waals surface area contributed by atoms with Gasteiger partial charge in [0.25, 0.3) is 0 Å². The summed E-state index contributed by atoms with van der Waals surface area (Å²) in [6.07, 6.45) is 11.9. The van der Waals surface area contributed by atoms with Crippen molar-refractivity contribution in [3.63, 3.8) is 0 Å². The van der Waals surface area contributed by atoms with Crippen LogP contribution in [0.25, 0.3) is 18.4 Å². The van der Waals surface area contributed by atoms with Gasteiger partial charge in [-0.05, 0) is 36.1 Å². The van der Waals surface area contributed by atoms with Crippen molar-refractivity contribution in [2.45, 2.75) is 19.3 Å². The minimum atomic E-state index is 0.921. The van der Waals surface area contributed by atoms with Crippen LogP contribution in [-0.4, -0.2) is 9.55 Å². The van der Waals surface area contributed by atoms with Crippen LogP contribution in [0.15, 0.2) is 30.3 Å². The molecule has 0 N–H and O–H groups in total. The Morgan fingerprint density at radius 1 is 1.11 bits per heavy atom. The lowest BCUT2D eigenvalue weighted by Crippen LogP contribution is -2.01. The van der Waals surface area contributed by atoms with Crippen molar-refractivity contribution >= 4 is 18.4 Å². The van der Waals surface area contributed by atoms with E-state index < -0.39 is 0 Å². The van der Waals surface area contributed by atoms with Gasteiger partial charge in [-0.25, -0.2) is 4.98 Å². The highest BCUT2D eigenvalue weighted by Gasteiger charge is 2.18. The predicted octanol–water partition coefficient (Wildman–Crippen LogP) is 3.37. The van der Waals surface area contributed by atoms with Crippen molar-refractivity contribution in [2.75, 3.05) is 0 Å². The Balaban J connectivity index is 1.91. The number of hydrogen-bond acceptors (Lipinski definition) is 1. The number of fused-ring (bicyclic) bond motifs is 4. The van der Waals surface area contributed by atoms with Crippen LogP contribution in [0.3, 0.4) is 0 Å². The molecule has 0 fully saturated rings. The lowest BCUT2D eigenvalue weighted by molar-refractivity contribution is 0.868. The summed E-state index contributed by atoms with van der Waals surface area (Å²) in [5, 5.41) is 0. The molecule has 0 unspecified atom stereocenters. The Morgan fingerprint density at radius 3 is 3.06 bits per heavy atom. The van der Waals surface area contributed by atoms with Crippen molar-refractivity contribution in [3.8, 4) is 0 Å². The number of benzene rings is 1. The summed E-state index contributed by atoms with van der Waals surface area (Å²) in [4.78, 5) is 4.78. The molecule has 2 heterocycles. The lowest BCUT2D eigenvalue weighted by atomic mass is 10.1. The summed E-state index contributed by atoms with van der Waals surface area (Å²) >= 11 is 0. The van der Waals surface area contributed by atoms with E-state index in [9.17, 15) is 0 Å². The van der Waals surface area contributed by atoms with E-state index in [-0.39, 0.29) is 0 Å². The first-order valence-corrected chi connectivity index (χ1v) is 6.44. The van der Waals surface area contributed by atoms with E-state index in [2.05, 4.69) is 53.3 Å². The van der Waals surface area contributed by atoms with Crippen LogP contribution in [0.5, 0.6) is 0 Å². The monoisotopic (exact) mass is 234 g/mol. The van der Waals surface area contributed by atoms with Gasteiger partial charge in [0, 0.05) is 18.3 Å². The van der Waals surface area contributed by atoms with Gasteiger partial charge in [0.2, 0.25) is 0 Å². The maximum Gasteiger partial charge on any atom is 0.118 e. The van der Waals surface area contributed by atoms with Gasteiger partial charge in [0.05, 0.1) is 5.69 Å². The van der Waals surface area contributed by atoms with Gasteiger partial charge in [-0.3, -0.25) is 0 Å². The van der Waals surface area contributed by atoms with Gasteiger partial charge >= 0.3 is 0 Å². The molecule has 2 heteroatoms. The Hall–Kier alpha value is -2.09. The van der Waals surface area contributed by atoms with Crippen LogP contribution in [-0.2, 0) is 12.8 Å². The Morgan fingerprint density at radius 2 is 2.06 bits per heavy atom. The molecule has 0 saturated heterocycles. The topological polar surface area (TPSA) is 17.8 Å². The first-order chi connectivity index (χ1) is 8.92. The molecule has 18 heavy (non-hydrogen) atoms. The van der Waals surface area contributed by atoms with Gasteiger partial charge in [0.15, 0.2) is 0 Å². The van der Waals surface area contributed by atoms with E-state index in [4.69, 9.17) is 4.98 Å². The highest BCUT2D eigenvalue weighted by molar-refractivity contribution is 5.67. The van der Waals surface area contributed by atoms with Crippen molar-refractivity contribution in [1.29, 1.82) is 0 Å². The summed E-state index contributed by atoms with van der Waals surface area (Å²) in [5.41, 5.74) is 5.18. The SMILES string of the molecule is C1=Cc2nc3n(c2CC1)C=Cc1ccccc1C3. The maximum atomic E-state index is 4.78. The van der Waals surface area contributed by atoms with Crippen LogP contribution in [0.4, 0.5) is 0 Å². The van der Waals surface area contributed by atoms with E-state index in [1.165, 1.54) is 16.8 Å². The third-order valence-electron chi connectivity index (χ3n) is 3.74. The number of allylic oxidation sites excluding steroid dienone is 1. The zero-order valence-corrected chi connectivity index (χ0v) is 10.1. The molecule has 88 valence electrons. The molecule has 1 aromatic heterocycles. The normalized spacial score (nSPS) is 15.8. The highest BCUT2D eigenvalue weighted by atomic mass is 15.1. The number of hydrogen-bond donors (Lipinski definition) is 0. The molecular weight excluding hydrogens is 220 g/mol. The molecule has 2 nitrogen and oxygen atoms in total. The number of nitrogens with zero attached hydrogens (tertiary/aromatic N) is 2. The van der Waals surface area contributed by atoms with Crippen molar-refractivity contribution in [2.24, 2.45) is 0 Å². The van der Waals surface area contributed by atoms with Gasteiger partial charge < -0.3 is 4.57 Å². The van der Waals surface area contributed by atoms with E-state index in [1.807, 2.05) is 0 Å². The fourth-order valence-electron chi connectivity index (χ4n) is 2.82. The summed E-state index contributed by atoms with van der Waals surface area (Å²) in [6, 6.07) is 8.56. The molecule has 4 rings (SSSR count). The zero-order valence-electron chi connectivity index (χ0n) is 10.1. The second-order valence-electron chi connectivity index (χ2n) is 4.86. The maximum absolute atomic E-state index is 4.78. The van der Waals surface area contributed by atoms with Gasteiger partial charge in [-0.1, -0.05) is 30.3 Å². The molecule has 0 radical (unpaired) electrons. The van der Waals surface area contributed by atoms with Gasteiger partial charge in [-0.2, -0.15) is 0 Å². The molecule has 0 saturated carbocycles. The smallest absolute Gasteiger partial charge is 0.118 e. The second-order valence-corrected chi connectivity index (χ2v) is 4.86. The molecule has 2 aromatic rings. The summed E-state index contributed by atoms with van der Waals surface area (Å²) in [6.45, 7) is 0. The fourth-order valence-corrected chi connectivity index (χ4v) is 2.82. The molecule has 1 aromatic carbocycles. The van der Waals surface area contributed by atoms with E-state index in [0.717, 1.165) is 30.8 Å². The molecule has 0 bridgehead atoms. The first kappa shape index (κ1) is 9.89. The zero-order chi connectivity index (χ0) is 11.9. The molecule has 0 amide bonds. The van der Waals surface area contributed by atoms with Gasteiger partial charge in [0.1, 0.15) is 5.82 Å². The largest absolute Gasteiger partial charge is 0.307 e. The quantitative estimate of drug-likeness (QED) is 0.583. The fraction of sp³-hybridized carbons (Fsp3) is 0.188. The molecule has 2 aliphatic rings. The van der Waals surface area contributed by atoms with Crippen molar-refractivity contribution < 1.29 is 0 Å². The van der Waals surface area contributed by atoms with Gasteiger partial charge in [-0.15, -0.1) is 0 Å². The van der Waals surface area contributed by atoms with E-state index >= 15 is 0 Å². The van der Waals surface area contributed by atoms with Crippen LogP contribution in [0.1, 0.15) is 34.8 Å². The van der Waals surface area contributed by atoms with Crippen LogP contribution < -0.4 is 0 Å². The predicted molar refractivity (Wildman–Crippen MR) is 74.1 cm³/mol. The van der Waals surface area contributed by atoms with E-state index in [0.29, 0.717) is 0 Å². The average molecular weight is 234 g/mol. The van der Waals surface area contributed by atoms with Crippen LogP contribution in [0, 0.1) is 0 Å². The molecule has 1 aliphatic carbocycles. The lowest BCUT2D eigenvalue weighted by Gasteiger charge is -2.07. The Bertz CT molecular complexity index is 674. The molecular formula is C16H14N2. The average Bonchev–Trinajstić information content (AvgIpc) is 2.65. The minimum absolute atomic E-state index is 0.921. The van der Waals surface area contributed by atoms with E-state index in [1.54, 1.807) is 0 Å². The Kier molecular flexibility index (Phi) is 2.04. The summed E-state index contributed by atoms with van der Waals surface area (Å²) in [7, 11) is 0. The molecule has 0 atom stereocenters. The van der Waals surface area contributed by atoms with Crippen molar-refractivity contribution in [3.05, 3.63) is 58.7 Å². The van der Waals surface area contributed by atoms with Crippen LogP contribution in [0.2, 0.25) is 0 Å². The first-order valence-electron chi connectivity index (χ1n) is 6.44. The minimum Gasteiger partial charge on any atom is -0.307 e. The molecule has 1 aliphatic heterocycles. The second kappa shape index (κ2) is 3.70. The Labute approximate surface area is 106 Å². The van der Waals surface area contributed by atoms with Crippen LogP contribution >= 0.6 is 0 Å². The number of aromatic nitrogens is 2. The third-order valence-corrected chi connectivity index (χ3v) is 3.74. The number of rotatable bonds is 0. The highest BCUT2D eigenvalue weighted by Crippen LogP contribution is 2.26. The summed E-state index contributed by atoms with van der Waals surface area (Å²) < 4.78 is 2.28. The van der Waals surface area contributed by atoms with Crippen molar-refractivity contribution in [1.82, 2.24) is 9.55 Å². The molecule has 0 spiro atoms. The summed E-state index contributed by atoms with van der Waals surface area (Å²) in [5.74, 6) is 1.16. The number of imidazole rings is 1. The standard InChI is InChI=1S/C16H14N2/c1-2-6-13-11-16-17-14-7-3-4-8-15(14)18(16)10-9-12(13)5-1/h1-3,5-7,9-10H,4,8,11H2. The third kappa shape index (κ3) is 1.39.